The van der Waals surface area contributed by atoms with Gasteiger partial charge in [-0.25, -0.2) is 0 Å². The molecule has 2 heterocycles. The highest BCUT2D eigenvalue weighted by Crippen LogP contribution is 1.96. The van der Waals surface area contributed by atoms with Crippen molar-refractivity contribution in [1.29, 1.82) is 0 Å². The number of nitrogens with two attached hydrogens (primary N) is 2. The van der Waals surface area contributed by atoms with Crippen LogP contribution in [0.2, 0.25) is 0 Å². The van der Waals surface area contributed by atoms with Gasteiger partial charge in [0.2, 0.25) is 0 Å². The fourth-order valence-electron chi connectivity index (χ4n) is 0.751. The van der Waals surface area contributed by atoms with Crippen LogP contribution in [0.25, 0.3) is 5.78 Å². The molecule has 5 N–H and O–H groups in total. The molecular weight excluding hydrogens is 164 g/mol. The summed E-state index contributed by atoms with van der Waals surface area (Å²) >= 11 is 0. The first kappa shape index (κ1) is 6.52. The Morgan fingerprint density at radius 2 is 2.17 bits per heavy atom. The Bertz CT molecular complexity index is 480. The largest absolute Gasteiger partial charge is 0.470 e. The Balaban J connectivity index is 2.97. The van der Waals surface area contributed by atoms with Gasteiger partial charge in [-0.2, -0.15) is 5.10 Å². The number of anilines is 2. The molecule has 0 radical (unpaired) electrons. The summed E-state index contributed by atoms with van der Waals surface area (Å²) in [7, 11) is 0. The van der Waals surface area contributed by atoms with Crippen molar-refractivity contribution < 1.29 is 4.54 Å². The molecule has 0 spiro atoms. The second-order valence-corrected chi connectivity index (χ2v) is 2.06. The molecule has 0 saturated carbocycles. The molecule has 0 fully saturated rings. The number of fused-ring (bicyclic) bond motifs is 1. The van der Waals surface area contributed by atoms with Crippen LogP contribution in [-0.4, -0.2) is 24.9 Å². The molecule has 0 amide bonds. The van der Waals surface area contributed by atoms with Crippen molar-refractivity contribution in [2.75, 3.05) is 11.5 Å². The van der Waals surface area contributed by atoms with E-state index in [-0.39, 0.29) is 22.2 Å². The summed E-state index contributed by atoms with van der Waals surface area (Å²) < 4.78 is 1.40. The van der Waals surface area contributed by atoms with E-state index in [0.717, 1.165) is 4.52 Å². The van der Waals surface area contributed by atoms with Crippen molar-refractivity contribution in [2.24, 2.45) is 0 Å². The maximum absolute atomic E-state index is 10.8. The maximum Gasteiger partial charge on any atom is 0.470 e. The average molecular weight is 169 g/mol. The van der Waals surface area contributed by atoms with E-state index in [2.05, 4.69) is 20.4 Å². The maximum atomic E-state index is 10.8. The summed E-state index contributed by atoms with van der Waals surface area (Å²) in [5.74, 6) is -0.0562. The predicted molar refractivity (Wildman–Crippen MR) is 37.3 cm³/mol. The van der Waals surface area contributed by atoms with Gasteiger partial charge in [0, 0.05) is 5.10 Å². The van der Waals surface area contributed by atoms with Crippen LogP contribution in [0, 0.1) is 4.91 Å². The first-order chi connectivity index (χ1) is 5.68. The molecule has 0 aliphatic rings. The minimum absolute atomic E-state index is 0.0635. The lowest BCUT2D eigenvalue weighted by atomic mass is 11.0. The van der Waals surface area contributed by atoms with E-state index in [1.54, 1.807) is 0 Å². The number of hydrogen-bond acceptors (Lipinski definition) is 6. The molecule has 2 rings (SSSR count). The Morgan fingerprint density at radius 1 is 1.42 bits per heavy atom. The second kappa shape index (κ2) is 1.90. The molecule has 2 aromatic heterocycles. The molecule has 0 bridgehead atoms. The van der Waals surface area contributed by atoms with Crippen LogP contribution in [0.3, 0.4) is 0 Å². The molecular formula is C3H5N8O+. The van der Waals surface area contributed by atoms with Crippen LogP contribution in [0.15, 0.2) is 0 Å². The van der Waals surface area contributed by atoms with E-state index in [4.69, 9.17) is 11.5 Å². The minimum Gasteiger partial charge on any atom is -0.365 e. The molecule has 0 saturated heterocycles. The van der Waals surface area contributed by atoms with E-state index >= 15 is 0 Å². The van der Waals surface area contributed by atoms with E-state index in [0.29, 0.717) is 0 Å². The predicted octanol–water partition coefficient (Wildman–Crippen LogP) is -2.47. The van der Waals surface area contributed by atoms with Gasteiger partial charge >= 0.3 is 5.95 Å². The Morgan fingerprint density at radius 3 is 2.92 bits per heavy atom. The van der Waals surface area contributed by atoms with E-state index < -0.39 is 0 Å². The third-order valence-electron chi connectivity index (χ3n) is 1.28. The van der Waals surface area contributed by atoms with Gasteiger partial charge in [0.1, 0.15) is 0 Å². The number of rotatable bonds is 0. The van der Waals surface area contributed by atoms with Gasteiger partial charge < -0.3 is 5.73 Å². The summed E-state index contributed by atoms with van der Waals surface area (Å²) in [6.45, 7) is 0. The molecule has 0 atom stereocenters. The Hall–Kier alpha value is -2.19. The topological polar surface area (TPSA) is 134 Å². The summed E-state index contributed by atoms with van der Waals surface area (Å²) in [6, 6.07) is 0. The quantitative estimate of drug-likeness (QED) is 0.374. The lowest BCUT2D eigenvalue weighted by Gasteiger charge is -1.85. The fraction of sp³-hybridized carbons (Fsp3) is 0. The lowest BCUT2D eigenvalue weighted by Crippen LogP contribution is -2.28. The fourth-order valence-corrected chi connectivity index (χ4v) is 0.751. The standard InChI is InChI=1S/C3H5N8O/c4-1-6-7-3-9-11(12)2(5)8-10(1)3/h(H2,4,6)(H2,5,8)(H,7,9,12)/q+1. The van der Waals surface area contributed by atoms with E-state index in [1.165, 1.54) is 0 Å². The number of aromatic nitrogens is 6. The minimum atomic E-state index is -0.256. The van der Waals surface area contributed by atoms with Gasteiger partial charge in [-0.05, 0) is 0 Å². The zero-order valence-electron chi connectivity index (χ0n) is 5.80. The number of H-pyrrole nitrogens is 1. The summed E-state index contributed by atoms with van der Waals surface area (Å²) in [4.78, 5) is 10.8. The SMILES string of the molecule is Nc1nnc2[nH][n+](=O)c(N)nn12. The zero-order chi connectivity index (χ0) is 8.72. The normalized spacial score (nSPS) is 10.7. The molecule has 0 aliphatic heterocycles. The average Bonchev–Trinajstić information content (AvgIpc) is 2.35. The molecule has 62 valence electrons. The Labute approximate surface area is 64.6 Å². The lowest BCUT2D eigenvalue weighted by molar-refractivity contribution is -0.550. The van der Waals surface area contributed by atoms with Crippen molar-refractivity contribution in [3.05, 3.63) is 4.91 Å². The molecule has 0 unspecified atom stereocenters. The highest BCUT2D eigenvalue weighted by atomic mass is 16.3. The van der Waals surface area contributed by atoms with Crippen molar-refractivity contribution in [1.82, 2.24) is 24.9 Å². The number of aromatic amines is 1. The first-order valence-electron chi connectivity index (χ1n) is 2.98. The van der Waals surface area contributed by atoms with Gasteiger partial charge in [-0.1, -0.05) is 9.42 Å². The molecule has 9 heteroatoms. The molecule has 0 aliphatic carbocycles. The first-order valence-corrected chi connectivity index (χ1v) is 2.98. The summed E-state index contributed by atoms with van der Waals surface area (Å²) in [5, 5.41) is 12.8. The number of nitrogens with zero attached hydrogens (tertiary/aromatic N) is 5. The molecule has 12 heavy (non-hydrogen) atoms. The van der Waals surface area contributed by atoms with Crippen LogP contribution in [0.5, 0.6) is 0 Å². The number of hydrogen-bond donors (Lipinski definition) is 3. The molecule has 9 nitrogen and oxygen atoms in total. The molecule has 0 aromatic carbocycles. The van der Waals surface area contributed by atoms with Gasteiger partial charge in [0.25, 0.3) is 11.7 Å². The highest BCUT2D eigenvalue weighted by molar-refractivity contribution is 5.31. The third kappa shape index (κ3) is 0.696. The second-order valence-electron chi connectivity index (χ2n) is 2.06. The van der Waals surface area contributed by atoms with Crippen LogP contribution in [0.1, 0.15) is 0 Å². The number of nitrogen functional groups attached to an aromatic ring is 2. The van der Waals surface area contributed by atoms with E-state index in [9.17, 15) is 4.91 Å². The summed E-state index contributed by atoms with van der Waals surface area (Å²) in [5.41, 5.74) is 10.5. The number of nitrogens with one attached hydrogen (secondary N) is 1. The zero-order valence-corrected chi connectivity index (χ0v) is 5.80. The van der Waals surface area contributed by atoms with Gasteiger partial charge in [-0.3, -0.25) is 5.73 Å². The molecule has 2 aromatic rings. The van der Waals surface area contributed by atoms with Crippen LogP contribution < -0.4 is 16.0 Å². The van der Waals surface area contributed by atoms with Crippen LogP contribution in [-0.2, 0) is 0 Å². The van der Waals surface area contributed by atoms with Crippen molar-refractivity contribution in [2.45, 2.75) is 0 Å². The van der Waals surface area contributed by atoms with Gasteiger partial charge in [0.15, 0.2) is 0 Å². The van der Waals surface area contributed by atoms with E-state index in [1.807, 2.05) is 0 Å². The van der Waals surface area contributed by atoms with Crippen molar-refractivity contribution in [3.8, 4) is 0 Å². The smallest absolute Gasteiger partial charge is 0.365 e. The highest BCUT2D eigenvalue weighted by Gasteiger charge is 2.11. The van der Waals surface area contributed by atoms with Crippen LogP contribution in [0.4, 0.5) is 11.9 Å². The van der Waals surface area contributed by atoms with Gasteiger partial charge in [0.05, 0.1) is 4.54 Å². The van der Waals surface area contributed by atoms with Crippen LogP contribution >= 0.6 is 0 Å². The van der Waals surface area contributed by atoms with Gasteiger partial charge in [-0.15, -0.1) is 10.2 Å². The summed E-state index contributed by atoms with van der Waals surface area (Å²) in [6.07, 6.45) is 0. The van der Waals surface area contributed by atoms with Crippen molar-refractivity contribution in [3.63, 3.8) is 0 Å². The third-order valence-corrected chi connectivity index (χ3v) is 1.28. The monoisotopic (exact) mass is 169 g/mol. The Kier molecular flexibility index (Phi) is 1.03. The van der Waals surface area contributed by atoms with Crippen molar-refractivity contribution >= 4 is 17.7 Å².